The number of aryl methyl sites for hydroxylation is 2. The Morgan fingerprint density at radius 1 is 1.00 bits per heavy atom. The third-order valence-electron chi connectivity index (χ3n) is 6.68. The van der Waals surface area contributed by atoms with Crippen molar-refractivity contribution in [3.8, 4) is 11.5 Å². The van der Waals surface area contributed by atoms with Gasteiger partial charge in [-0.25, -0.2) is 9.48 Å². The monoisotopic (exact) mass is 467 g/mol. The highest BCUT2D eigenvalue weighted by Gasteiger charge is 2.36. The largest absolute Gasteiger partial charge is 0.336 e. The summed E-state index contributed by atoms with van der Waals surface area (Å²) in [5.74, 6) is 1.00. The first-order valence-corrected chi connectivity index (χ1v) is 12.5. The smallest absolute Gasteiger partial charge is 0.318 e. The molecule has 35 heavy (non-hydrogen) atoms. The fourth-order valence-corrected chi connectivity index (χ4v) is 4.96. The highest BCUT2D eigenvalue weighted by molar-refractivity contribution is 5.76. The zero-order chi connectivity index (χ0) is 24.5. The molecule has 4 aromatic rings. The number of fused-ring (bicyclic) bond motifs is 3. The zero-order valence-electron chi connectivity index (χ0n) is 20.9. The van der Waals surface area contributed by atoms with Crippen molar-refractivity contribution in [3.63, 3.8) is 0 Å². The fourth-order valence-electron chi connectivity index (χ4n) is 4.96. The Labute approximate surface area is 207 Å². The molecule has 3 heterocycles. The van der Waals surface area contributed by atoms with Crippen LogP contribution in [0.2, 0.25) is 0 Å². The Kier molecular flexibility index (Phi) is 6.20. The van der Waals surface area contributed by atoms with Gasteiger partial charge in [0.05, 0.1) is 29.7 Å². The Bertz CT molecular complexity index is 1320. The predicted octanol–water partition coefficient (Wildman–Crippen LogP) is 5.81. The number of rotatable bonds is 5. The summed E-state index contributed by atoms with van der Waals surface area (Å²) in [6.07, 6.45) is 3.86. The molecule has 180 valence electrons. The number of urea groups is 1. The van der Waals surface area contributed by atoms with Gasteiger partial charge in [0.15, 0.2) is 0 Å². The van der Waals surface area contributed by atoms with Crippen LogP contribution in [0.25, 0.3) is 11.5 Å². The number of amides is 2. The Hall–Kier alpha value is -3.80. The van der Waals surface area contributed by atoms with Crippen LogP contribution >= 0.6 is 0 Å². The summed E-state index contributed by atoms with van der Waals surface area (Å²) in [5, 5.41) is 8.16. The van der Waals surface area contributed by atoms with E-state index in [0.29, 0.717) is 6.54 Å². The minimum Gasteiger partial charge on any atom is -0.336 e. The minimum atomic E-state index is -0.226. The lowest BCUT2D eigenvalue weighted by Gasteiger charge is -2.32. The number of para-hydroxylation sites is 1. The van der Waals surface area contributed by atoms with Crippen LogP contribution in [0.4, 0.5) is 4.79 Å². The lowest BCUT2D eigenvalue weighted by atomic mass is 9.99. The maximum atomic E-state index is 13.7. The first-order valence-electron chi connectivity index (χ1n) is 12.5. The van der Waals surface area contributed by atoms with E-state index < -0.39 is 0 Å². The van der Waals surface area contributed by atoms with E-state index >= 15 is 0 Å². The molecule has 1 atom stereocenters. The average molecular weight is 468 g/mol. The molecule has 0 radical (unpaired) electrons. The van der Waals surface area contributed by atoms with Crippen molar-refractivity contribution >= 4 is 6.03 Å². The van der Waals surface area contributed by atoms with Gasteiger partial charge < -0.3 is 14.8 Å². The number of benzene rings is 2. The molecule has 0 saturated heterocycles. The van der Waals surface area contributed by atoms with E-state index in [1.165, 1.54) is 5.56 Å². The van der Waals surface area contributed by atoms with Crippen molar-refractivity contribution in [2.75, 3.05) is 0 Å². The second-order valence-corrected chi connectivity index (χ2v) is 9.38. The van der Waals surface area contributed by atoms with Crippen LogP contribution < -0.4 is 5.32 Å². The number of nitrogens with one attached hydrogen (secondary N) is 1. The molecule has 2 amide bonds. The lowest BCUT2D eigenvalue weighted by Crippen LogP contribution is -2.44. The van der Waals surface area contributed by atoms with Gasteiger partial charge in [-0.3, -0.25) is 0 Å². The Morgan fingerprint density at radius 2 is 1.74 bits per heavy atom. The van der Waals surface area contributed by atoms with Crippen molar-refractivity contribution < 1.29 is 4.79 Å². The van der Waals surface area contributed by atoms with Gasteiger partial charge in [0.25, 0.3) is 0 Å². The highest BCUT2D eigenvalue weighted by Crippen LogP contribution is 2.38. The zero-order valence-corrected chi connectivity index (χ0v) is 20.9. The second-order valence-electron chi connectivity index (χ2n) is 9.38. The number of hydrogen-bond acceptors (Lipinski definition) is 2. The van der Waals surface area contributed by atoms with E-state index in [1.54, 1.807) is 0 Å². The number of nitrogens with zero attached hydrogens (tertiary/aromatic N) is 4. The molecule has 0 saturated carbocycles. The molecule has 0 spiro atoms. The molecule has 1 N–H and O–H groups in total. The summed E-state index contributed by atoms with van der Waals surface area (Å²) in [7, 11) is 0. The van der Waals surface area contributed by atoms with Gasteiger partial charge in [-0.05, 0) is 62.1 Å². The highest BCUT2D eigenvalue weighted by atomic mass is 16.2. The van der Waals surface area contributed by atoms with Gasteiger partial charge in [0.2, 0.25) is 0 Å². The van der Waals surface area contributed by atoms with Gasteiger partial charge in [-0.15, -0.1) is 0 Å². The predicted molar refractivity (Wildman–Crippen MR) is 139 cm³/mol. The maximum Gasteiger partial charge on any atom is 0.318 e. The van der Waals surface area contributed by atoms with Crippen molar-refractivity contribution in [1.29, 1.82) is 0 Å². The summed E-state index contributed by atoms with van der Waals surface area (Å²) in [4.78, 5) is 15.6. The average Bonchev–Trinajstić information content (AvgIpc) is 3.45. The van der Waals surface area contributed by atoms with Crippen LogP contribution in [-0.4, -0.2) is 31.3 Å². The molecule has 0 aliphatic carbocycles. The number of hydrogen-bond donors (Lipinski definition) is 1. The summed E-state index contributed by atoms with van der Waals surface area (Å²) in [6.45, 7) is 8.76. The summed E-state index contributed by atoms with van der Waals surface area (Å²) >= 11 is 0. The first kappa shape index (κ1) is 23.0. The fraction of sp³-hybridized carbons (Fsp3) is 0.310. The Balaban J connectivity index is 1.74. The first-order chi connectivity index (χ1) is 17.0. The Morgan fingerprint density at radius 3 is 2.40 bits per heavy atom. The van der Waals surface area contributed by atoms with Crippen LogP contribution in [-0.2, 0) is 19.4 Å². The summed E-state index contributed by atoms with van der Waals surface area (Å²) < 4.78 is 4.24. The van der Waals surface area contributed by atoms with Gasteiger partial charge in [0.1, 0.15) is 5.82 Å². The van der Waals surface area contributed by atoms with Crippen molar-refractivity contribution in [2.24, 2.45) is 0 Å². The van der Waals surface area contributed by atoms with Crippen LogP contribution in [0.15, 0.2) is 72.9 Å². The van der Waals surface area contributed by atoms with E-state index in [4.69, 9.17) is 5.10 Å². The van der Waals surface area contributed by atoms with E-state index in [1.807, 2.05) is 41.6 Å². The third kappa shape index (κ3) is 4.14. The quantitative estimate of drug-likeness (QED) is 0.403. The molecule has 1 aliphatic heterocycles. The minimum absolute atomic E-state index is 0.0396. The molecule has 2 aromatic heterocycles. The topological polar surface area (TPSA) is 55.1 Å². The molecule has 0 bridgehead atoms. The molecule has 6 heteroatoms. The SMILES string of the molecule is CCc1ccc(C2c3cccn3-c3c(c(CC)nn3-c3ccccc3)CN2C(=O)NC(C)C)cc1. The van der Waals surface area contributed by atoms with Gasteiger partial charge in [-0.2, -0.15) is 5.10 Å². The third-order valence-corrected chi connectivity index (χ3v) is 6.68. The van der Waals surface area contributed by atoms with Gasteiger partial charge in [0, 0.05) is 17.8 Å². The number of aromatic nitrogens is 3. The molecule has 6 nitrogen and oxygen atoms in total. The number of carbonyl (C=O) groups is 1. The molecule has 1 aliphatic rings. The van der Waals surface area contributed by atoms with Crippen LogP contribution in [0.5, 0.6) is 0 Å². The van der Waals surface area contributed by atoms with Crippen molar-refractivity contribution in [1.82, 2.24) is 24.6 Å². The van der Waals surface area contributed by atoms with Crippen LogP contribution in [0.3, 0.4) is 0 Å². The second kappa shape index (κ2) is 9.45. The van der Waals surface area contributed by atoms with E-state index in [-0.39, 0.29) is 18.1 Å². The molecule has 0 fully saturated rings. The van der Waals surface area contributed by atoms with E-state index in [9.17, 15) is 4.79 Å². The standard InChI is InChI=1S/C29H33N5O/c1-5-21-14-16-22(17-15-21)27-26-13-10-18-32(26)28-24(19-33(27)29(35)30-20(3)4)25(6-2)31-34(28)23-11-8-7-9-12-23/h7-18,20,27H,5-6,19H2,1-4H3,(H,30,35). The van der Waals surface area contributed by atoms with Crippen LogP contribution in [0.1, 0.15) is 61.8 Å². The maximum absolute atomic E-state index is 13.7. The molecule has 1 unspecified atom stereocenters. The molecular weight excluding hydrogens is 434 g/mol. The number of carbonyl (C=O) groups excluding carboxylic acids is 1. The van der Waals surface area contributed by atoms with E-state index in [0.717, 1.165) is 46.9 Å². The van der Waals surface area contributed by atoms with Gasteiger partial charge >= 0.3 is 6.03 Å². The van der Waals surface area contributed by atoms with E-state index in [2.05, 4.69) is 78.5 Å². The van der Waals surface area contributed by atoms with Crippen molar-refractivity contribution in [2.45, 2.75) is 59.2 Å². The van der Waals surface area contributed by atoms with Gasteiger partial charge in [-0.1, -0.05) is 56.3 Å². The normalized spacial score (nSPS) is 15.0. The molecule has 2 aromatic carbocycles. The summed E-state index contributed by atoms with van der Waals surface area (Å²) in [5.41, 5.74) is 6.53. The van der Waals surface area contributed by atoms with Crippen LogP contribution in [0, 0.1) is 0 Å². The lowest BCUT2D eigenvalue weighted by molar-refractivity contribution is 0.178. The summed E-state index contributed by atoms with van der Waals surface area (Å²) in [6, 6.07) is 22.8. The molecule has 5 rings (SSSR count). The van der Waals surface area contributed by atoms with Crippen molar-refractivity contribution in [3.05, 3.63) is 101 Å². The molecular formula is C29H33N5O.